The van der Waals surface area contributed by atoms with E-state index in [9.17, 15) is 9.18 Å². The van der Waals surface area contributed by atoms with Gasteiger partial charge in [-0.05, 0) is 76.4 Å². The van der Waals surface area contributed by atoms with Gasteiger partial charge in [-0.1, -0.05) is 6.07 Å². The summed E-state index contributed by atoms with van der Waals surface area (Å²) < 4.78 is 14.1. The fraction of sp³-hybridized carbons (Fsp3) is 0.667. The number of ketones is 1. The number of piperidine rings is 1. The van der Waals surface area contributed by atoms with Crippen molar-refractivity contribution in [3.8, 4) is 0 Å². The highest BCUT2D eigenvalue weighted by molar-refractivity contribution is 5.85. The van der Waals surface area contributed by atoms with Crippen LogP contribution in [0.1, 0.15) is 31.7 Å². The van der Waals surface area contributed by atoms with Crippen LogP contribution in [-0.4, -0.2) is 67.9 Å². The Labute approximate surface area is 181 Å². The van der Waals surface area contributed by atoms with Gasteiger partial charge >= 0.3 is 0 Å². The molecule has 0 saturated carbocycles. The second-order valence-electron chi connectivity index (χ2n) is 7.99. The van der Waals surface area contributed by atoms with E-state index >= 15 is 0 Å². The third-order valence-electron chi connectivity index (χ3n) is 5.82. The summed E-state index contributed by atoms with van der Waals surface area (Å²) in [6, 6.07) is 5.37. The quantitative estimate of drug-likeness (QED) is 0.681. The average molecular weight is 434 g/mol. The van der Waals surface area contributed by atoms with Gasteiger partial charge in [0.1, 0.15) is 11.6 Å². The number of halogens is 3. The molecule has 0 spiro atoms. The Morgan fingerprint density at radius 3 is 2.29 bits per heavy atom. The number of anilines is 1. The molecule has 28 heavy (non-hydrogen) atoms. The van der Waals surface area contributed by atoms with E-state index in [1.165, 1.54) is 19.3 Å². The molecule has 1 aromatic rings. The minimum atomic E-state index is -0.110. The zero-order valence-corrected chi connectivity index (χ0v) is 18.7. The maximum atomic E-state index is 14.1. The minimum absolute atomic E-state index is 0. The molecule has 2 heterocycles. The fourth-order valence-corrected chi connectivity index (χ4v) is 4.19. The number of likely N-dealkylation sites (tertiary alicyclic amines) is 1. The van der Waals surface area contributed by atoms with Crippen LogP contribution in [0.25, 0.3) is 0 Å². The third-order valence-corrected chi connectivity index (χ3v) is 5.82. The van der Waals surface area contributed by atoms with Gasteiger partial charge in [0, 0.05) is 26.2 Å². The molecule has 3 rings (SSSR count). The topological polar surface area (TPSA) is 26.8 Å². The fourth-order valence-electron chi connectivity index (χ4n) is 4.19. The maximum absolute atomic E-state index is 14.1. The van der Waals surface area contributed by atoms with E-state index < -0.39 is 0 Å². The first kappa shape index (κ1) is 25.2. The maximum Gasteiger partial charge on any atom is 0.146 e. The predicted octanol–water partition coefficient (Wildman–Crippen LogP) is 3.79. The van der Waals surface area contributed by atoms with Crippen molar-refractivity contribution >= 4 is 36.3 Å². The van der Waals surface area contributed by atoms with E-state index in [2.05, 4.69) is 14.7 Å². The molecule has 0 aliphatic carbocycles. The van der Waals surface area contributed by atoms with Gasteiger partial charge in [-0.25, -0.2) is 4.39 Å². The summed E-state index contributed by atoms with van der Waals surface area (Å²) in [5.41, 5.74) is 1.86. The van der Waals surface area contributed by atoms with Crippen LogP contribution < -0.4 is 4.90 Å². The van der Waals surface area contributed by atoms with Crippen LogP contribution in [0.4, 0.5) is 10.1 Å². The molecular formula is C21H34Cl2FN3O. The molecule has 7 heteroatoms. The van der Waals surface area contributed by atoms with Gasteiger partial charge in [0.15, 0.2) is 0 Å². The number of aryl methyl sites for hydroxylation is 1. The summed E-state index contributed by atoms with van der Waals surface area (Å²) in [5.74, 6) is 0.943. The number of carbonyl (C=O) groups is 1. The van der Waals surface area contributed by atoms with Crippen molar-refractivity contribution < 1.29 is 9.18 Å². The number of hydrogen-bond donors (Lipinski definition) is 0. The molecule has 160 valence electrons. The molecular weight excluding hydrogens is 400 g/mol. The molecule has 0 unspecified atom stereocenters. The summed E-state index contributed by atoms with van der Waals surface area (Å²) >= 11 is 0. The molecule has 4 nitrogen and oxygen atoms in total. The molecule has 0 N–H and O–H groups in total. The van der Waals surface area contributed by atoms with Crippen molar-refractivity contribution in [2.75, 3.05) is 57.3 Å². The highest BCUT2D eigenvalue weighted by Crippen LogP contribution is 2.24. The molecule has 2 saturated heterocycles. The number of rotatable bonds is 6. The summed E-state index contributed by atoms with van der Waals surface area (Å²) in [6.45, 7) is 11.4. The average Bonchev–Trinajstić information content (AvgIpc) is 2.63. The lowest BCUT2D eigenvalue weighted by Gasteiger charge is -2.37. The molecule has 1 aromatic carbocycles. The van der Waals surface area contributed by atoms with Gasteiger partial charge in [0.05, 0.1) is 12.2 Å². The van der Waals surface area contributed by atoms with Crippen molar-refractivity contribution in [1.29, 1.82) is 0 Å². The highest BCUT2D eigenvalue weighted by Gasteiger charge is 2.23. The second kappa shape index (κ2) is 12.0. The lowest BCUT2D eigenvalue weighted by Crippen LogP contribution is -2.47. The Balaban J connectivity index is 0.00000196. The second-order valence-corrected chi connectivity index (χ2v) is 7.99. The first-order chi connectivity index (χ1) is 12.5. The summed E-state index contributed by atoms with van der Waals surface area (Å²) in [6.07, 6.45) is 3.66. The number of benzene rings is 1. The lowest BCUT2D eigenvalue weighted by atomic mass is 9.93. The minimum Gasteiger partial charge on any atom is -0.367 e. The smallest absolute Gasteiger partial charge is 0.146 e. The Bertz CT molecular complexity index is 616. The van der Waals surface area contributed by atoms with Crippen LogP contribution in [-0.2, 0) is 4.79 Å². The van der Waals surface area contributed by atoms with Gasteiger partial charge in [-0.15, -0.1) is 24.8 Å². The largest absolute Gasteiger partial charge is 0.367 e. The van der Waals surface area contributed by atoms with E-state index in [1.54, 1.807) is 13.0 Å². The summed E-state index contributed by atoms with van der Waals surface area (Å²) in [5, 5.41) is 0. The van der Waals surface area contributed by atoms with Crippen molar-refractivity contribution in [3.63, 3.8) is 0 Å². The number of carbonyl (C=O) groups excluding carboxylic acids is 1. The molecule has 0 atom stereocenters. The van der Waals surface area contributed by atoms with Crippen LogP contribution in [0, 0.1) is 18.7 Å². The van der Waals surface area contributed by atoms with Crippen molar-refractivity contribution in [1.82, 2.24) is 9.80 Å². The van der Waals surface area contributed by atoms with Crippen LogP contribution >= 0.6 is 24.8 Å². The van der Waals surface area contributed by atoms with Gasteiger partial charge in [-0.2, -0.15) is 0 Å². The van der Waals surface area contributed by atoms with E-state index in [0.29, 0.717) is 6.54 Å². The summed E-state index contributed by atoms with van der Waals surface area (Å²) in [4.78, 5) is 18.2. The zero-order valence-electron chi connectivity index (χ0n) is 17.0. The first-order valence-corrected chi connectivity index (χ1v) is 9.96. The molecule has 0 bridgehead atoms. The zero-order chi connectivity index (χ0) is 18.5. The number of Topliss-reactive ketones (excluding diaryl/α,β-unsaturated/α-hetero) is 1. The number of piperazine rings is 1. The predicted molar refractivity (Wildman–Crippen MR) is 119 cm³/mol. The molecule has 0 aromatic heterocycles. The van der Waals surface area contributed by atoms with Gasteiger partial charge in [-0.3, -0.25) is 14.6 Å². The van der Waals surface area contributed by atoms with E-state index in [4.69, 9.17) is 0 Å². The number of nitrogens with zero attached hydrogens (tertiary/aromatic N) is 3. The highest BCUT2D eigenvalue weighted by atomic mass is 35.5. The Hall–Kier alpha value is -0.880. The van der Waals surface area contributed by atoms with Crippen molar-refractivity contribution in [3.05, 3.63) is 29.6 Å². The lowest BCUT2D eigenvalue weighted by molar-refractivity contribution is -0.118. The molecule has 2 aliphatic rings. The standard InChI is InChI=1S/C21H32FN3O.2ClH/c1-17-3-4-20(22)21(15-17)25-13-11-23(12-14-25)8-5-19-6-9-24(10-7-19)16-18(2)26;;/h3-4,15,19H,5-14,16H2,1-2H3;2*1H. The molecule has 0 amide bonds. The van der Waals surface area contributed by atoms with Gasteiger partial charge in [0.2, 0.25) is 0 Å². The molecule has 2 fully saturated rings. The number of hydrogen-bond acceptors (Lipinski definition) is 4. The monoisotopic (exact) mass is 433 g/mol. The Kier molecular flexibility index (Phi) is 10.7. The molecule has 2 aliphatic heterocycles. The van der Waals surface area contributed by atoms with E-state index in [1.807, 2.05) is 19.1 Å². The van der Waals surface area contributed by atoms with Crippen LogP contribution in [0.2, 0.25) is 0 Å². The van der Waals surface area contributed by atoms with Gasteiger partial charge < -0.3 is 4.90 Å². The van der Waals surface area contributed by atoms with Gasteiger partial charge in [0.25, 0.3) is 0 Å². The SMILES string of the molecule is CC(=O)CN1CCC(CCN2CCN(c3cc(C)ccc3F)CC2)CC1.Cl.Cl. The van der Waals surface area contributed by atoms with Crippen LogP contribution in [0.3, 0.4) is 0 Å². The molecule has 0 radical (unpaired) electrons. The van der Waals surface area contributed by atoms with Crippen LogP contribution in [0.15, 0.2) is 18.2 Å². The van der Waals surface area contributed by atoms with Crippen molar-refractivity contribution in [2.45, 2.75) is 33.1 Å². The first-order valence-electron chi connectivity index (χ1n) is 9.96. The van der Waals surface area contributed by atoms with E-state index in [-0.39, 0.29) is 36.4 Å². The third kappa shape index (κ3) is 7.18. The van der Waals surface area contributed by atoms with Crippen molar-refractivity contribution in [2.24, 2.45) is 5.92 Å². The van der Waals surface area contributed by atoms with E-state index in [0.717, 1.165) is 63.0 Å². The normalized spacial score (nSPS) is 19.0. The Morgan fingerprint density at radius 2 is 1.68 bits per heavy atom. The Morgan fingerprint density at radius 1 is 1.04 bits per heavy atom. The summed E-state index contributed by atoms with van der Waals surface area (Å²) in [7, 11) is 0. The van der Waals surface area contributed by atoms with Crippen LogP contribution in [0.5, 0.6) is 0 Å².